The molecular formula is C14H16ClN3. The van der Waals surface area contributed by atoms with Crippen LogP contribution in [-0.2, 0) is 0 Å². The summed E-state index contributed by atoms with van der Waals surface area (Å²) in [5, 5.41) is 7.09. The van der Waals surface area contributed by atoms with E-state index < -0.39 is 0 Å². The summed E-state index contributed by atoms with van der Waals surface area (Å²) >= 11 is 6.17. The van der Waals surface area contributed by atoms with E-state index in [4.69, 9.17) is 11.6 Å². The summed E-state index contributed by atoms with van der Waals surface area (Å²) in [6.07, 6.45) is 0. The fraction of sp³-hybridized carbons (Fsp3) is 0.214. The molecule has 0 aliphatic heterocycles. The van der Waals surface area contributed by atoms with Gasteiger partial charge in [0.15, 0.2) is 0 Å². The molecular weight excluding hydrogens is 246 g/mol. The zero-order chi connectivity index (χ0) is 13.0. The summed E-state index contributed by atoms with van der Waals surface area (Å²) in [5.41, 5.74) is 2.00. The molecule has 0 radical (unpaired) electrons. The van der Waals surface area contributed by atoms with Crippen molar-refractivity contribution >= 4 is 28.9 Å². The van der Waals surface area contributed by atoms with Gasteiger partial charge < -0.3 is 10.6 Å². The molecule has 4 heteroatoms. The first-order valence-corrected chi connectivity index (χ1v) is 6.31. The van der Waals surface area contributed by atoms with Crippen LogP contribution in [0.1, 0.15) is 12.5 Å². The highest BCUT2D eigenvalue weighted by atomic mass is 35.5. The molecule has 94 valence electrons. The predicted octanol–water partition coefficient (Wildman–Crippen LogP) is 4.22. The van der Waals surface area contributed by atoms with Crippen LogP contribution >= 0.6 is 11.6 Å². The average Bonchev–Trinajstić information content (AvgIpc) is 2.34. The van der Waals surface area contributed by atoms with Crippen molar-refractivity contribution in [1.29, 1.82) is 0 Å². The highest BCUT2D eigenvalue weighted by Crippen LogP contribution is 2.25. The van der Waals surface area contributed by atoms with Gasteiger partial charge in [0.05, 0.1) is 10.7 Å². The Labute approximate surface area is 112 Å². The van der Waals surface area contributed by atoms with Gasteiger partial charge in [-0.15, -0.1) is 0 Å². The number of benzene rings is 1. The van der Waals surface area contributed by atoms with E-state index in [-0.39, 0.29) is 0 Å². The maximum atomic E-state index is 6.17. The number of nitrogens with zero attached hydrogens (tertiary/aromatic N) is 1. The van der Waals surface area contributed by atoms with Gasteiger partial charge in [0, 0.05) is 6.54 Å². The zero-order valence-electron chi connectivity index (χ0n) is 10.5. The van der Waals surface area contributed by atoms with Crippen molar-refractivity contribution in [3.05, 3.63) is 47.0 Å². The molecule has 1 aromatic heterocycles. The van der Waals surface area contributed by atoms with Gasteiger partial charge in [-0.3, -0.25) is 0 Å². The van der Waals surface area contributed by atoms with E-state index in [9.17, 15) is 0 Å². The lowest BCUT2D eigenvalue weighted by molar-refractivity contribution is 1.16. The van der Waals surface area contributed by atoms with Crippen molar-refractivity contribution < 1.29 is 0 Å². The van der Waals surface area contributed by atoms with E-state index in [0.29, 0.717) is 5.02 Å². The van der Waals surface area contributed by atoms with Crippen molar-refractivity contribution in [3.8, 4) is 0 Å². The second kappa shape index (κ2) is 5.74. The molecule has 0 unspecified atom stereocenters. The number of hydrogen-bond donors (Lipinski definition) is 2. The standard InChI is InChI=1S/C14H16ClN3/c1-3-16-13-5-4-6-14(18-13)17-12-8-7-10(2)9-11(12)15/h4-9H,3H2,1-2H3,(H2,16,17,18). The Morgan fingerprint density at radius 1 is 1.17 bits per heavy atom. The molecule has 0 aliphatic rings. The summed E-state index contributed by atoms with van der Waals surface area (Å²) in [5.74, 6) is 1.63. The highest BCUT2D eigenvalue weighted by molar-refractivity contribution is 6.33. The number of pyridine rings is 1. The van der Waals surface area contributed by atoms with E-state index in [1.807, 2.05) is 50.2 Å². The second-order valence-electron chi connectivity index (χ2n) is 4.05. The summed E-state index contributed by atoms with van der Waals surface area (Å²) in [6.45, 7) is 4.90. The molecule has 1 heterocycles. The highest BCUT2D eigenvalue weighted by Gasteiger charge is 2.02. The van der Waals surface area contributed by atoms with Crippen LogP contribution < -0.4 is 10.6 Å². The molecule has 18 heavy (non-hydrogen) atoms. The average molecular weight is 262 g/mol. The quantitative estimate of drug-likeness (QED) is 0.865. The van der Waals surface area contributed by atoms with Gasteiger partial charge in [0.2, 0.25) is 0 Å². The Bertz CT molecular complexity index is 540. The first-order chi connectivity index (χ1) is 8.69. The van der Waals surface area contributed by atoms with Crippen LogP contribution in [0.4, 0.5) is 17.3 Å². The van der Waals surface area contributed by atoms with Gasteiger partial charge in [0.1, 0.15) is 11.6 Å². The van der Waals surface area contributed by atoms with E-state index >= 15 is 0 Å². The van der Waals surface area contributed by atoms with E-state index in [0.717, 1.165) is 29.4 Å². The summed E-state index contributed by atoms with van der Waals surface area (Å²) in [4.78, 5) is 4.44. The van der Waals surface area contributed by atoms with Gasteiger partial charge in [0.25, 0.3) is 0 Å². The number of halogens is 1. The SMILES string of the molecule is CCNc1cccc(Nc2ccc(C)cc2Cl)n1. The molecule has 0 saturated carbocycles. The molecule has 0 atom stereocenters. The van der Waals surface area contributed by atoms with E-state index in [1.54, 1.807) is 0 Å². The third-order valence-electron chi connectivity index (χ3n) is 2.49. The molecule has 2 rings (SSSR count). The lowest BCUT2D eigenvalue weighted by atomic mass is 10.2. The van der Waals surface area contributed by atoms with E-state index in [2.05, 4.69) is 15.6 Å². The lowest BCUT2D eigenvalue weighted by Gasteiger charge is -2.10. The van der Waals surface area contributed by atoms with Crippen molar-refractivity contribution in [1.82, 2.24) is 4.98 Å². The molecule has 3 nitrogen and oxygen atoms in total. The first kappa shape index (κ1) is 12.7. The summed E-state index contributed by atoms with van der Waals surface area (Å²) < 4.78 is 0. The summed E-state index contributed by atoms with van der Waals surface area (Å²) in [6, 6.07) is 11.7. The van der Waals surface area contributed by atoms with Gasteiger partial charge in [-0.25, -0.2) is 4.98 Å². The zero-order valence-corrected chi connectivity index (χ0v) is 11.3. The van der Waals surface area contributed by atoms with Crippen molar-refractivity contribution in [2.24, 2.45) is 0 Å². The van der Waals surface area contributed by atoms with Crippen molar-refractivity contribution in [2.45, 2.75) is 13.8 Å². The first-order valence-electron chi connectivity index (χ1n) is 5.93. The van der Waals surface area contributed by atoms with Gasteiger partial charge in [-0.2, -0.15) is 0 Å². The lowest BCUT2D eigenvalue weighted by Crippen LogP contribution is -2.01. The number of hydrogen-bond acceptors (Lipinski definition) is 3. The van der Waals surface area contributed by atoms with Crippen LogP contribution in [0.15, 0.2) is 36.4 Å². The number of aromatic nitrogens is 1. The second-order valence-corrected chi connectivity index (χ2v) is 4.45. The molecule has 0 saturated heterocycles. The van der Waals surface area contributed by atoms with Gasteiger partial charge in [-0.1, -0.05) is 23.7 Å². The minimum absolute atomic E-state index is 0.700. The van der Waals surface area contributed by atoms with Crippen molar-refractivity contribution in [3.63, 3.8) is 0 Å². The minimum Gasteiger partial charge on any atom is -0.370 e. The normalized spacial score (nSPS) is 10.2. The predicted molar refractivity (Wildman–Crippen MR) is 77.9 cm³/mol. The smallest absolute Gasteiger partial charge is 0.132 e. The Kier molecular flexibility index (Phi) is 4.05. The van der Waals surface area contributed by atoms with Crippen molar-refractivity contribution in [2.75, 3.05) is 17.2 Å². The van der Waals surface area contributed by atoms with Crippen LogP contribution in [0, 0.1) is 6.92 Å². The Balaban J connectivity index is 2.20. The van der Waals surface area contributed by atoms with Crippen LogP contribution in [0.25, 0.3) is 0 Å². The fourth-order valence-electron chi connectivity index (χ4n) is 1.64. The van der Waals surface area contributed by atoms with Crippen LogP contribution in [0.2, 0.25) is 5.02 Å². The third kappa shape index (κ3) is 3.14. The Morgan fingerprint density at radius 3 is 2.67 bits per heavy atom. The molecule has 2 N–H and O–H groups in total. The third-order valence-corrected chi connectivity index (χ3v) is 2.81. The Hall–Kier alpha value is -1.74. The maximum Gasteiger partial charge on any atom is 0.132 e. The summed E-state index contributed by atoms with van der Waals surface area (Å²) in [7, 11) is 0. The van der Waals surface area contributed by atoms with E-state index in [1.165, 1.54) is 0 Å². The van der Waals surface area contributed by atoms with Gasteiger partial charge in [-0.05, 0) is 43.7 Å². The largest absolute Gasteiger partial charge is 0.370 e. The van der Waals surface area contributed by atoms with Crippen LogP contribution in [0.5, 0.6) is 0 Å². The topological polar surface area (TPSA) is 37.0 Å². The van der Waals surface area contributed by atoms with Crippen LogP contribution in [0.3, 0.4) is 0 Å². The Morgan fingerprint density at radius 2 is 1.94 bits per heavy atom. The monoisotopic (exact) mass is 261 g/mol. The molecule has 0 aliphatic carbocycles. The number of rotatable bonds is 4. The number of nitrogens with one attached hydrogen (secondary N) is 2. The molecule has 2 aromatic rings. The number of anilines is 3. The van der Waals surface area contributed by atoms with Gasteiger partial charge >= 0.3 is 0 Å². The molecule has 0 bridgehead atoms. The molecule has 0 spiro atoms. The molecule has 0 amide bonds. The van der Waals surface area contributed by atoms with Crippen LogP contribution in [-0.4, -0.2) is 11.5 Å². The molecule has 0 fully saturated rings. The minimum atomic E-state index is 0.700. The molecule has 1 aromatic carbocycles. The maximum absolute atomic E-state index is 6.17. The fourth-order valence-corrected chi connectivity index (χ4v) is 1.93. The number of aryl methyl sites for hydroxylation is 1.